The Morgan fingerprint density at radius 1 is 1.48 bits per heavy atom. The van der Waals surface area contributed by atoms with Gasteiger partial charge >= 0.3 is 0 Å². The van der Waals surface area contributed by atoms with Gasteiger partial charge < -0.3 is 15.2 Å². The highest BCUT2D eigenvalue weighted by Crippen LogP contribution is 2.24. The minimum Gasteiger partial charge on any atom is -0.497 e. The highest BCUT2D eigenvalue weighted by atomic mass is 16.5. The van der Waals surface area contributed by atoms with Crippen molar-refractivity contribution in [2.75, 3.05) is 32.1 Å². The maximum absolute atomic E-state index is 12.2. The van der Waals surface area contributed by atoms with Crippen molar-refractivity contribution in [3.05, 3.63) is 23.8 Å². The fourth-order valence-electron chi connectivity index (χ4n) is 3.06. The fraction of sp³-hybridized carbons (Fsp3) is 0.611. The molecule has 1 atom stereocenters. The van der Waals surface area contributed by atoms with Crippen LogP contribution >= 0.6 is 0 Å². The Kier molecular flexibility index (Phi) is 6.02. The van der Waals surface area contributed by atoms with E-state index in [-0.39, 0.29) is 5.91 Å². The number of amides is 1. The van der Waals surface area contributed by atoms with Gasteiger partial charge in [-0.3, -0.25) is 9.69 Å². The third-order valence-corrected chi connectivity index (χ3v) is 4.66. The molecule has 1 aliphatic rings. The van der Waals surface area contributed by atoms with Crippen molar-refractivity contribution in [3.8, 4) is 5.75 Å². The summed E-state index contributed by atoms with van der Waals surface area (Å²) in [4.78, 5) is 14.3. The summed E-state index contributed by atoms with van der Waals surface area (Å²) in [6.45, 7) is 6.27. The lowest BCUT2D eigenvalue weighted by Crippen LogP contribution is -2.48. The normalized spacial score (nSPS) is 21.9. The van der Waals surface area contributed by atoms with Crippen LogP contribution in [0.4, 0.5) is 5.69 Å². The average Bonchev–Trinajstić information content (AvgIpc) is 2.55. The van der Waals surface area contributed by atoms with E-state index in [4.69, 9.17) is 4.74 Å². The van der Waals surface area contributed by atoms with Gasteiger partial charge in [0.05, 0.1) is 12.7 Å². The van der Waals surface area contributed by atoms with E-state index in [1.54, 1.807) is 7.11 Å². The first kappa shape index (κ1) is 17.8. The molecule has 0 unspecified atom stereocenters. The molecule has 0 bridgehead atoms. The summed E-state index contributed by atoms with van der Waals surface area (Å²) in [7, 11) is 1.63. The van der Waals surface area contributed by atoms with E-state index < -0.39 is 5.60 Å². The number of β-amino-alcohol motifs (C(OH)–C–C–N with tert-alkyl or cyclic N) is 1. The topological polar surface area (TPSA) is 61.8 Å². The fourth-order valence-corrected chi connectivity index (χ4v) is 3.06. The predicted molar refractivity (Wildman–Crippen MR) is 91.9 cm³/mol. The molecule has 1 aromatic rings. The molecule has 5 nitrogen and oxygen atoms in total. The second-order valence-electron chi connectivity index (χ2n) is 6.44. The summed E-state index contributed by atoms with van der Waals surface area (Å²) in [5, 5.41) is 13.3. The zero-order valence-electron chi connectivity index (χ0n) is 14.4. The van der Waals surface area contributed by atoms with Crippen LogP contribution in [-0.2, 0) is 4.79 Å². The molecule has 1 amide bonds. The molecule has 2 rings (SSSR count). The number of methoxy groups -OCH3 is 1. The molecule has 0 spiro atoms. The number of piperidine rings is 1. The Balaban J connectivity index is 1.83. The van der Waals surface area contributed by atoms with Crippen molar-refractivity contribution in [1.29, 1.82) is 0 Å². The number of anilines is 1. The Morgan fingerprint density at radius 2 is 2.26 bits per heavy atom. The molecule has 1 heterocycles. The van der Waals surface area contributed by atoms with Gasteiger partial charge in [-0.15, -0.1) is 0 Å². The number of aryl methyl sites for hydroxylation is 1. The van der Waals surface area contributed by atoms with E-state index in [2.05, 4.69) is 10.2 Å². The van der Waals surface area contributed by atoms with Crippen LogP contribution < -0.4 is 10.1 Å². The van der Waals surface area contributed by atoms with Crippen LogP contribution in [0.5, 0.6) is 5.75 Å². The zero-order valence-corrected chi connectivity index (χ0v) is 14.4. The quantitative estimate of drug-likeness (QED) is 0.846. The number of hydrogen-bond donors (Lipinski definition) is 2. The van der Waals surface area contributed by atoms with Gasteiger partial charge in [-0.05, 0) is 56.5 Å². The molecule has 2 N–H and O–H groups in total. The monoisotopic (exact) mass is 320 g/mol. The first-order chi connectivity index (χ1) is 11.0. The smallest absolute Gasteiger partial charge is 0.225 e. The average molecular weight is 320 g/mol. The molecule has 1 saturated heterocycles. The second kappa shape index (κ2) is 7.79. The van der Waals surface area contributed by atoms with Gasteiger partial charge in [0.2, 0.25) is 5.91 Å². The number of rotatable bonds is 6. The van der Waals surface area contributed by atoms with Crippen LogP contribution in [0.1, 0.15) is 38.2 Å². The molecule has 1 fully saturated rings. The number of benzene rings is 1. The van der Waals surface area contributed by atoms with Crippen LogP contribution in [0.3, 0.4) is 0 Å². The molecule has 0 saturated carbocycles. The lowest BCUT2D eigenvalue weighted by Gasteiger charge is -2.38. The summed E-state index contributed by atoms with van der Waals surface area (Å²) in [6, 6.07) is 5.61. The van der Waals surface area contributed by atoms with Crippen molar-refractivity contribution in [1.82, 2.24) is 4.90 Å². The number of likely N-dealkylation sites (tertiary alicyclic amines) is 1. The SMILES string of the molecule is CC[C@]1(O)CCCN(CCC(=O)Nc2ccc(OC)cc2C)C1. The van der Waals surface area contributed by atoms with Gasteiger partial charge in [-0.2, -0.15) is 0 Å². The summed E-state index contributed by atoms with van der Waals surface area (Å²) in [5.74, 6) is 0.788. The number of ether oxygens (including phenoxy) is 1. The van der Waals surface area contributed by atoms with E-state index in [0.717, 1.165) is 42.8 Å². The Labute approximate surface area is 138 Å². The van der Waals surface area contributed by atoms with E-state index in [0.29, 0.717) is 19.5 Å². The van der Waals surface area contributed by atoms with Gasteiger partial charge in [-0.1, -0.05) is 6.92 Å². The molecule has 128 valence electrons. The highest BCUT2D eigenvalue weighted by molar-refractivity contribution is 5.91. The van der Waals surface area contributed by atoms with Gasteiger partial charge in [-0.25, -0.2) is 0 Å². The zero-order chi connectivity index (χ0) is 16.9. The minimum atomic E-state index is -0.582. The molecular weight excluding hydrogens is 292 g/mol. The first-order valence-electron chi connectivity index (χ1n) is 8.35. The lowest BCUT2D eigenvalue weighted by molar-refractivity contribution is -0.117. The molecule has 0 aromatic heterocycles. The summed E-state index contributed by atoms with van der Waals surface area (Å²) >= 11 is 0. The lowest BCUT2D eigenvalue weighted by atomic mass is 9.90. The standard InChI is InChI=1S/C18H28N2O3/c1-4-18(22)9-5-10-20(13-18)11-8-17(21)19-16-7-6-15(23-3)12-14(16)2/h6-7,12,22H,4-5,8-11,13H2,1-3H3,(H,19,21)/t18-/m0/s1. The maximum Gasteiger partial charge on any atom is 0.225 e. The largest absolute Gasteiger partial charge is 0.497 e. The van der Waals surface area contributed by atoms with Crippen molar-refractivity contribution in [2.45, 2.75) is 45.1 Å². The number of nitrogens with one attached hydrogen (secondary N) is 1. The van der Waals surface area contributed by atoms with Crippen molar-refractivity contribution >= 4 is 11.6 Å². The van der Waals surface area contributed by atoms with Crippen LogP contribution in [0.25, 0.3) is 0 Å². The molecule has 0 radical (unpaired) electrons. The molecular formula is C18H28N2O3. The number of nitrogens with zero attached hydrogens (tertiary/aromatic N) is 1. The number of aliphatic hydroxyl groups is 1. The van der Waals surface area contributed by atoms with Crippen molar-refractivity contribution in [3.63, 3.8) is 0 Å². The van der Waals surface area contributed by atoms with Gasteiger partial charge in [0.1, 0.15) is 5.75 Å². The third kappa shape index (κ3) is 4.94. The van der Waals surface area contributed by atoms with E-state index >= 15 is 0 Å². The molecule has 5 heteroatoms. The minimum absolute atomic E-state index is 0.00359. The summed E-state index contributed by atoms with van der Waals surface area (Å²) in [6.07, 6.45) is 3.05. The van der Waals surface area contributed by atoms with E-state index in [9.17, 15) is 9.90 Å². The Morgan fingerprint density at radius 3 is 2.91 bits per heavy atom. The van der Waals surface area contributed by atoms with Crippen LogP contribution in [0, 0.1) is 6.92 Å². The van der Waals surface area contributed by atoms with Crippen LogP contribution in [-0.4, -0.2) is 48.3 Å². The van der Waals surface area contributed by atoms with E-state index in [1.165, 1.54) is 0 Å². The van der Waals surface area contributed by atoms with Gasteiger partial charge in [0.15, 0.2) is 0 Å². The van der Waals surface area contributed by atoms with E-state index in [1.807, 2.05) is 32.0 Å². The first-order valence-corrected chi connectivity index (χ1v) is 8.35. The predicted octanol–water partition coefficient (Wildman–Crippen LogP) is 2.57. The van der Waals surface area contributed by atoms with Crippen LogP contribution in [0.2, 0.25) is 0 Å². The molecule has 23 heavy (non-hydrogen) atoms. The molecule has 1 aliphatic heterocycles. The Bertz CT molecular complexity index is 547. The Hall–Kier alpha value is -1.59. The van der Waals surface area contributed by atoms with Crippen molar-refractivity contribution in [2.24, 2.45) is 0 Å². The maximum atomic E-state index is 12.2. The summed E-state index contributed by atoms with van der Waals surface area (Å²) < 4.78 is 5.17. The highest BCUT2D eigenvalue weighted by Gasteiger charge is 2.31. The second-order valence-corrected chi connectivity index (χ2v) is 6.44. The number of hydrogen-bond acceptors (Lipinski definition) is 4. The summed E-state index contributed by atoms with van der Waals surface area (Å²) in [5.41, 5.74) is 1.22. The van der Waals surface area contributed by atoms with Gasteiger partial charge in [0.25, 0.3) is 0 Å². The molecule has 0 aliphatic carbocycles. The van der Waals surface area contributed by atoms with Crippen LogP contribution in [0.15, 0.2) is 18.2 Å². The number of carbonyl (C=O) groups is 1. The number of carbonyl (C=O) groups excluding carboxylic acids is 1. The van der Waals surface area contributed by atoms with Gasteiger partial charge in [0, 0.05) is 25.2 Å². The van der Waals surface area contributed by atoms with Crippen molar-refractivity contribution < 1.29 is 14.6 Å². The third-order valence-electron chi connectivity index (χ3n) is 4.66. The molecule has 1 aromatic carbocycles.